The first kappa shape index (κ1) is 8.49. The molecular formula is C7H12O4. The van der Waals surface area contributed by atoms with E-state index in [1.807, 2.05) is 0 Å². The lowest BCUT2D eigenvalue weighted by atomic mass is 10.4. The van der Waals surface area contributed by atoms with Gasteiger partial charge in [0.1, 0.15) is 12.7 Å². The molecule has 0 aromatic carbocycles. The average molecular weight is 160 g/mol. The van der Waals surface area contributed by atoms with Crippen molar-refractivity contribution in [1.29, 1.82) is 0 Å². The minimum absolute atomic E-state index is 0.154. The maximum Gasteiger partial charge on any atom is 0.308 e. The van der Waals surface area contributed by atoms with Crippen LogP contribution in [0.4, 0.5) is 0 Å². The quantitative estimate of drug-likeness (QED) is 0.418. The van der Waals surface area contributed by atoms with Crippen LogP contribution in [0.3, 0.4) is 0 Å². The van der Waals surface area contributed by atoms with Crippen molar-refractivity contribution in [2.75, 3.05) is 26.9 Å². The maximum atomic E-state index is 10.8. The predicted molar refractivity (Wildman–Crippen MR) is 37.2 cm³/mol. The summed E-state index contributed by atoms with van der Waals surface area (Å²) in [6.45, 7) is 1.53. The second-order valence-corrected chi connectivity index (χ2v) is 2.38. The lowest BCUT2D eigenvalue weighted by molar-refractivity contribution is -0.145. The van der Waals surface area contributed by atoms with Crippen molar-refractivity contribution in [3.05, 3.63) is 0 Å². The second kappa shape index (κ2) is 4.31. The lowest BCUT2D eigenvalue weighted by Crippen LogP contribution is -2.11. The van der Waals surface area contributed by atoms with Crippen LogP contribution in [0.2, 0.25) is 0 Å². The van der Waals surface area contributed by atoms with E-state index in [1.54, 1.807) is 7.11 Å². The minimum Gasteiger partial charge on any atom is -0.463 e. The predicted octanol–water partition coefficient (Wildman–Crippen LogP) is -0.0351. The second-order valence-electron chi connectivity index (χ2n) is 2.38. The summed E-state index contributed by atoms with van der Waals surface area (Å²) in [4.78, 5) is 10.8. The van der Waals surface area contributed by atoms with Gasteiger partial charge in [-0.2, -0.15) is 0 Å². The molecule has 4 heteroatoms. The summed E-state index contributed by atoms with van der Waals surface area (Å²) in [5, 5.41) is 0. The molecule has 1 fully saturated rings. The van der Waals surface area contributed by atoms with E-state index >= 15 is 0 Å². The molecule has 0 aromatic rings. The van der Waals surface area contributed by atoms with Gasteiger partial charge in [-0.3, -0.25) is 4.79 Å². The van der Waals surface area contributed by atoms with Crippen LogP contribution in [0, 0.1) is 0 Å². The normalized spacial score (nSPS) is 21.4. The molecule has 64 valence electrons. The fourth-order valence-electron chi connectivity index (χ4n) is 0.608. The highest BCUT2D eigenvalue weighted by Crippen LogP contribution is 2.08. The molecular weight excluding hydrogens is 148 g/mol. The highest BCUT2D eigenvalue weighted by atomic mass is 16.6. The van der Waals surface area contributed by atoms with Crippen molar-refractivity contribution < 1.29 is 19.0 Å². The van der Waals surface area contributed by atoms with Gasteiger partial charge in [0.05, 0.1) is 19.6 Å². The largest absolute Gasteiger partial charge is 0.463 e. The molecule has 1 rings (SSSR count). The zero-order valence-corrected chi connectivity index (χ0v) is 6.54. The highest BCUT2D eigenvalue weighted by Gasteiger charge is 2.23. The highest BCUT2D eigenvalue weighted by molar-refractivity contribution is 5.69. The first-order valence-electron chi connectivity index (χ1n) is 3.59. The Morgan fingerprint density at radius 2 is 2.45 bits per heavy atom. The maximum absolute atomic E-state index is 10.8. The van der Waals surface area contributed by atoms with Crippen LogP contribution in [0.5, 0.6) is 0 Å². The molecule has 1 unspecified atom stereocenters. The Kier molecular flexibility index (Phi) is 3.32. The molecule has 0 aromatic heterocycles. The molecule has 0 N–H and O–H groups in total. The van der Waals surface area contributed by atoms with Gasteiger partial charge in [0, 0.05) is 7.11 Å². The first-order valence-corrected chi connectivity index (χ1v) is 3.59. The number of rotatable bonds is 5. The van der Waals surface area contributed by atoms with Crippen LogP contribution in [0.25, 0.3) is 0 Å². The molecule has 1 heterocycles. The van der Waals surface area contributed by atoms with E-state index in [-0.39, 0.29) is 12.1 Å². The number of carbonyl (C=O) groups is 1. The van der Waals surface area contributed by atoms with Gasteiger partial charge in [0.2, 0.25) is 0 Å². The molecule has 11 heavy (non-hydrogen) atoms. The van der Waals surface area contributed by atoms with Crippen molar-refractivity contribution in [1.82, 2.24) is 0 Å². The summed E-state index contributed by atoms with van der Waals surface area (Å²) in [6, 6.07) is 0. The average Bonchev–Trinajstić information content (AvgIpc) is 2.80. The summed E-state index contributed by atoms with van der Waals surface area (Å²) in [7, 11) is 1.55. The number of hydrogen-bond acceptors (Lipinski definition) is 4. The van der Waals surface area contributed by atoms with Gasteiger partial charge in [-0.15, -0.1) is 0 Å². The van der Waals surface area contributed by atoms with E-state index in [1.165, 1.54) is 0 Å². The van der Waals surface area contributed by atoms with Gasteiger partial charge in [0.15, 0.2) is 0 Å². The molecule has 1 saturated heterocycles. The molecule has 0 bridgehead atoms. The Bertz CT molecular complexity index is 130. The first-order chi connectivity index (χ1) is 5.33. The number of epoxide rings is 1. The third-order valence-corrected chi connectivity index (χ3v) is 1.34. The third kappa shape index (κ3) is 3.95. The Morgan fingerprint density at radius 1 is 1.73 bits per heavy atom. The van der Waals surface area contributed by atoms with Crippen molar-refractivity contribution in [2.45, 2.75) is 12.5 Å². The molecule has 1 atom stereocenters. The van der Waals surface area contributed by atoms with E-state index in [0.717, 1.165) is 6.61 Å². The van der Waals surface area contributed by atoms with Gasteiger partial charge in [-0.25, -0.2) is 0 Å². The van der Waals surface area contributed by atoms with E-state index in [0.29, 0.717) is 19.6 Å². The van der Waals surface area contributed by atoms with Crippen LogP contribution in [0.15, 0.2) is 0 Å². The summed E-state index contributed by atoms with van der Waals surface area (Å²) >= 11 is 0. The molecule has 0 spiro atoms. The zero-order valence-electron chi connectivity index (χ0n) is 6.54. The Labute approximate surface area is 65.4 Å². The molecule has 0 aliphatic carbocycles. The number of carbonyl (C=O) groups excluding carboxylic acids is 1. The molecule has 0 radical (unpaired) electrons. The number of methoxy groups -OCH3 is 1. The van der Waals surface area contributed by atoms with Gasteiger partial charge in [-0.1, -0.05) is 0 Å². The number of hydrogen-bond donors (Lipinski definition) is 0. The molecule has 0 saturated carbocycles. The van der Waals surface area contributed by atoms with Gasteiger partial charge in [-0.05, 0) is 0 Å². The monoisotopic (exact) mass is 160 g/mol. The van der Waals surface area contributed by atoms with Crippen molar-refractivity contribution >= 4 is 5.97 Å². The minimum atomic E-state index is -0.220. The number of ether oxygens (including phenoxy) is 3. The van der Waals surface area contributed by atoms with Crippen LogP contribution in [0.1, 0.15) is 6.42 Å². The molecule has 1 aliphatic heterocycles. The van der Waals surface area contributed by atoms with E-state index < -0.39 is 0 Å². The molecule has 0 amide bonds. The molecule has 1 aliphatic rings. The van der Waals surface area contributed by atoms with Gasteiger partial charge in [0.25, 0.3) is 0 Å². The standard InChI is InChI=1S/C7H12O4/c1-9-3-2-7(8)11-5-6-4-10-6/h6H,2-5H2,1H3. The Balaban J connectivity index is 1.91. The topological polar surface area (TPSA) is 48.1 Å². The SMILES string of the molecule is COCCC(=O)OCC1CO1. The Morgan fingerprint density at radius 3 is 3.00 bits per heavy atom. The van der Waals surface area contributed by atoms with Crippen molar-refractivity contribution in [3.63, 3.8) is 0 Å². The molecule has 4 nitrogen and oxygen atoms in total. The van der Waals surface area contributed by atoms with Crippen LogP contribution >= 0.6 is 0 Å². The van der Waals surface area contributed by atoms with Crippen LogP contribution in [-0.4, -0.2) is 39.0 Å². The smallest absolute Gasteiger partial charge is 0.308 e. The summed E-state index contributed by atoms with van der Waals surface area (Å²) in [5.74, 6) is -0.220. The van der Waals surface area contributed by atoms with E-state index in [4.69, 9.17) is 14.2 Å². The van der Waals surface area contributed by atoms with E-state index in [2.05, 4.69) is 0 Å². The lowest BCUT2D eigenvalue weighted by Gasteiger charge is -2.00. The fraction of sp³-hybridized carbons (Fsp3) is 0.857. The van der Waals surface area contributed by atoms with Crippen LogP contribution < -0.4 is 0 Å². The summed E-state index contributed by atoms with van der Waals surface area (Å²) in [6.07, 6.45) is 0.477. The zero-order chi connectivity index (χ0) is 8.10. The third-order valence-electron chi connectivity index (χ3n) is 1.34. The van der Waals surface area contributed by atoms with Crippen molar-refractivity contribution in [3.8, 4) is 0 Å². The van der Waals surface area contributed by atoms with Gasteiger partial charge < -0.3 is 14.2 Å². The Hall–Kier alpha value is -0.610. The fourth-order valence-corrected chi connectivity index (χ4v) is 0.608. The number of esters is 1. The summed E-state index contributed by atoms with van der Waals surface area (Å²) in [5.41, 5.74) is 0. The van der Waals surface area contributed by atoms with Gasteiger partial charge >= 0.3 is 5.97 Å². The summed E-state index contributed by atoms with van der Waals surface area (Å²) < 4.78 is 14.4. The van der Waals surface area contributed by atoms with Crippen molar-refractivity contribution in [2.24, 2.45) is 0 Å². The van der Waals surface area contributed by atoms with Crippen LogP contribution in [-0.2, 0) is 19.0 Å². The van der Waals surface area contributed by atoms with E-state index in [9.17, 15) is 4.79 Å².